The van der Waals surface area contributed by atoms with Gasteiger partial charge in [0.1, 0.15) is 0 Å². The highest BCUT2D eigenvalue weighted by molar-refractivity contribution is 5.14. The molecule has 0 radical (unpaired) electrons. The molecule has 1 atom stereocenters. The highest BCUT2D eigenvalue weighted by Crippen LogP contribution is 2.11. The van der Waals surface area contributed by atoms with Crippen LogP contribution in [-0.4, -0.2) is 6.04 Å². The van der Waals surface area contributed by atoms with Gasteiger partial charge >= 0.3 is 0 Å². The topological polar surface area (TPSA) is 26.0 Å². The molecule has 1 rings (SSSR count). The summed E-state index contributed by atoms with van der Waals surface area (Å²) < 4.78 is 0. The average Bonchev–Trinajstić information content (AvgIpc) is 2.28. The third-order valence-corrected chi connectivity index (χ3v) is 3.00. The van der Waals surface area contributed by atoms with Crippen LogP contribution < -0.4 is 5.73 Å². The van der Waals surface area contributed by atoms with Gasteiger partial charge in [-0.1, -0.05) is 44.2 Å². The lowest BCUT2D eigenvalue weighted by Gasteiger charge is -2.12. The molecule has 1 aromatic carbocycles. The van der Waals surface area contributed by atoms with E-state index in [-0.39, 0.29) is 0 Å². The summed E-state index contributed by atoms with van der Waals surface area (Å²) in [6.45, 7) is 4.52. The molecule has 0 saturated carbocycles. The smallest absolute Gasteiger partial charge is 0.00390 e. The summed E-state index contributed by atoms with van der Waals surface area (Å²) in [4.78, 5) is 0. The van der Waals surface area contributed by atoms with Crippen LogP contribution in [0.1, 0.15) is 45.1 Å². The van der Waals surface area contributed by atoms with E-state index in [1.807, 2.05) is 0 Å². The molecular formula is C15H25N. The number of hydrogen-bond acceptors (Lipinski definition) is 1. The molecule has 2 N–H and O–H groups in total. The van der Waals surface area contributed by atoms with Crippen molar-refractivity contribution in [3.8, 4) is 0 Å². The second-order valence-corrected chi connectivity index (χ2v) is 5.11. The molecule has 16 heavy (non-hydrogen) atoms. The fourth-order valence-corrected chi connectivity index (χ4v) is 1.90. The molecule has 1 unspecified atom stereocenters. The van der Waals surface area contributed by atoms with Crippen LogP contribution >= 0.6 is 0 Å². The summed E-state index contributed by atoms with van der Waals surface area (Å²) in [6, 6.07) is 11.1. The lowest BCUT2D eigenvalue weighted by Crippen LogP contribution is -2.20. The molecular weight excluding hydrogens is 194 g/mol. The molecule has 90 valence electrons. The third-order valence-electron chi connectivity index (χ3n) is 3.00. The minimum absolute atomic E-state index is 0.395. The molecule has 0 amide bonds. The van der Waals surface area contributed by atoms with E-state index in [0.29, 0.717) is 6.04 Å². The maximum Gasteiger partial charge on any atom is 0.00390 e. The van der Waals surface area contributed by atoms with Crippen molar-refractivity contribution < 1.29 is 0 Å². The zero-order valence-electron chi connectivity index (χ0n) is 10.7. The third kappa shape index (κ3) is 5.92. The van der Waals surface area contributed by atoms with Gasteiger partial charge in [-0.2, -0.15) is 0 Å². The Morgan fingerprint density at radius 2 is 1.69 bits per heavy atom. The Bertz CT molecular complexity index is 266. The molecule has 0 bridgehead atoms. The molecule has 0 spiro atoms. The van der Waals surface area contributed by atoms with E-state index in [9.17, 15) is 0 Å². The van der Waals surface area contributed by atoms with Crippen LogP contribution in [0, 0.1) is 5.92 Å². The van der Waals surface area contributed by atoms with Gasteiger partial charge in [0.2, 0.25) is 0 Å². The first-order valence-corrected chi connectivity index (χ1v) is 6.48. The van der Waals surface area contributed by atoms with Gasteiger partial charge < -0.3 is 5.73 Å². The minimum Gasteiger partial charge on any atom is -0.328 e. The van der Waals surface area contributed by atoms with E-state index in [1.54, 1.807) is 0 Å². The highest BCUT2D eigenvalue weighted by atomic mass is 14.6. The zero-order chi connectivity index (χ0) is 11.8. The molecule has 1 heteroatoms. The molecule has 0 aliphatic rings. The molecule has 0 aliphatic carbocycles. The summed E-state index contributed by atoms with van der Waals surface area (Å²) in [5.74, 6) is 0.778. The highest BCUT2D eigenvalue weighted by Gasteiger charge is 2.04. The minimum atomic E-state index is 0.395. The average molecular weight is 219 g/mol. The quantitative estimate of drug-likeness (QED) is 0.742. The Labute approximate surface area is 100 Å². The Hall–Kier alpha value is -0.820. The van der Waals surface area contributed by atoms with Crippen molar-refractivity contribution in [2.75, 3.05) is 0 Å². The van der Waals surface area contributed by atoms with Gasteiger partial charge in [0.05, 0.1) is 0 Å². The predicted molar refractivity (Wildman–Crippen MR) is 71.4 cm³/mol. The van der Waals surface area contributed by atoms with E-state index >= 15 is 0 Å². The second-order valence-electron chi connectivity index (χ2n) is 5.11. The van der Waals surface area contributed by atoms with Crippen LogP contribution in [0.4, 0.5) is 0 Å². The number of benzene rings is 1. The van der Waals surface area contributed by atoms with Crippen LogP contribution in [0.3, 0.4) is 0 Å². The number of rotatable bonds is 7. The SMILES string of the molecule is CC(C)CCC(N)CCCc1ccccc1. The van der Waals surface area contributed by atoms with E-state index in [4.69, 9.17) is 5.73 Å². The molecule has 0 heterocycles. The van der Waals surface area contributed by atoms with Crippen LogP contribution in [0.5, 0.6) is 0 Å². The summed E-state index contributed by atoms with van der Waals surface area (Å²) in [7, 11) is 0. The maximum absolute atomic E-state index is 6.09. The van der Waals surface area contributed by atoms with Crippen molar-refractivity contribution in [2.45, 2.75) is 52.0 Å². The summed E-state index contributed by atoms with van der Waals surface area (Å²) in [5.41, 5.74) is 7.52. The number of hydrogen-bond donors (Lipinski definition) is 1. The Balaban J connectivity index is 2.11. The molecule has 0 aromatic heterocycles. The lowest BCUT2D eigenvalue weighted by molar-refractivity contribution is 0.470. The van der Waals surface area contributed by atoms with E-state index in [1.165, 1.54) is 24.8 Å². The summed E-state index contributed by atoms with van der Waals surface area (Å²) in [6.07, 6.45) is 5.96. The molecule has 0 saturated heterocycles. The molecule has 0 fully saturated rings. The normalized spacial score (nSPS) is 13.0. The van der Waals surface area contributed by atoms with Crippen molar-refractivity contribution >= 4 is 0 Å². The summed E-state index contributed by atoms with van der Waals surface area (Å²) in [5, 5.41) is 0. The van der Waals surface area contributed by atoms with E-state index in [0.717, 1.165) is 18.8 Å². The van der Waals surface area contributed by atoms with Gasteiger partial charge in [-0.15, -0.1) is 0 Å². The van der Waals surface area contributed by atoms with Crippen molar-refractivity contribution in [1.29, 1.82) is 0 Å². The Morgan fingerprint density at radius 3 is 2.31 bits per heavy atom. The van der Waals surface area contributed by atoms with Crippen molar-refractivity contribution in [3.63, 3.8) is 0 Å². The van der Waals surface area contributed by atoms with Gasteiger partial charge in [0.15, 0.2) is 0 Å². The predicted octanol–water partition coefficient (Wildman–Crippen LogP) is 3.77. The van der Waals surface area contributed by atoms with Crippen molar-refractivity contribution in [1.82, 2.24) is 0 Å². The first kappa shape index (κ1) is 13.2. The maximum atomic E-state index is 6.09. The van der Waals surface area contributed by atoms with Crippen LogP contribution in [0.25, 0.3) is 0 Å². The number of nitrogens with two attached hydrogens (primary N) is 1. The van der Waals surface area contributed by atoms with Gasteiger partial charge in [0, 0.05) is 6.04 Å². The standard InChI is InChI=1S/C15H25N/c1-13(2)11-12-15(16)10-6-9-14-7-4-3-5-8-14/h3-5,7-8,13,15H,6,9-12,16H2,1-2H3. The number of aryl methyl sites for hydroxylation is 1. The molecule has 1 nitrogen and oxygen atoms in total. The summed E-state index contributed by atoms with van der Waals surface area (Å²) >= 11 is 0. The molecule has 1 aromatic rings. The second kappa shape index (κ2) is 7.45. The first-order valence-electron chi connectivity index (χ1n) is 6.48. The van der Waals surface area contributed by atoms with E-state index in [2.05, 4.69) is 44.2 Å². The Kier molecular flexibility index (Phi) is 6.17. The van der Waals surface area contributed by atoms with Gasteiger partial charge in [-0.05, 0) is 43.6 Å². The van der Waals surface area contributed by atoms with Gasteiger partial charge in [-0.3, -0.25) is 0 Å². The monoisotopic (exact) mass is 219 g/mol. The van der Waals surface area contributed by atoms with Crippen LogP contribution in [0.2, 0.25) is 0 Å². The van der Waals surface area contributed by atoms with Crippen LogP contribution in [-0.2, 0) is 6.42 Å². The van der Waals surface area contributed by atoms with Crippen LogP contribution in [0.15, 0.2) is 30.3 Å². The fraction of sp³-hybridized carbons (Fsp3) is 0.600. The van der Waals surface area contributed by atoms with Crippen molar-refractivity contribution in [3.05, 3.63) is 35.9 Å². The zero-order valence-corrected chi connectivity index (χ0v) is 10.7. The van der Waals surface area contributed by atoms with Gasteiger partial charge in [-0.25, -0.2) is 0 Å². The molecule has 0 aliphatic heterocycles. The fourth-order valence-electron chi connectivity index (χ4n) is 1.90. The van der Waals surface area contributed by atoms with Crippen molar-refractivity contribution in [2.24, 2.45) is 11.7 Å². The Morgan fingerprint density at radius 1 is 1.00 bits per heavy atom. The largest absolute Gasteiger partial charge is 0.328 e. The van der Waals surface area contributed by atoms with Gasteiger partial charge in [0.25, 0.3) is 0 Å². The first-order chi connectivity index (χ1) is 7.68. The lowest BCUT2D eigenvalue weighted by atomic mass is 9.99. The van der Waals surface area contributed by atoms with E-state index < -0.39 is 0 Å².